The number of hydrogen-bond acceptors (Lipinski definition) is 2. The molecule has 0 radical (unpaired) electrons. The van der Waals surface area contributed by atoms with Crippen molar-refractivity contribution in [3.8, 4) is 0 Å². The summed E-state index contributed by atoms with van der Waals surface area (Å²) in [6, 6.07) is 8.57. The van der Waals surface area contributed by atoms with Crippen LogP contribution in [0.15, 0.2) is 24.3 Å². The van der Waals surface area contributed by atoms with Crippen LogP contribution in [0.3, 0.4) is 0 Å². The number of likely N-dealkylation sites (N-methyl/N-ethyl adjacent to an activating group) is 1. The van der Waals surface area contributed by atoms with Crippen molar-refractivity contribution in [2.75, 3.05) is 20.1 Å². The maximum atomic E-state index is 12.4. The number of hydrogen-bond donors (Lipinski definition) is 2. The molecule has 0 spiro atoms. The highest BCUT2D eigenvalue weighted by molar-refractivity contribution is 5.98. The van der Waals surface area contributed by atoms with Crippen LogP contribution in [-0.2, 0) is 0 Å². The predicted molar refractivity (Wildman–Crippen MR) is 76.4 cm³/mol. The van der Waals surface area contributed by atoms with Gasteiger partial charge >= 0.3 is 0 Å². The lowest BCUT2D eigenvalue weighted by Gasteiger charge is -2.15. The van der Waals surface area contributed by atoms with Crippen molar-refractivity contribution < 1.29 is 4.79 Å². The topological polar surface area (TPSA) is 48.1 Å². The number of fused-ring (bicyclic) bond motifs is 1. The Hall–Kier alpha value is -1.81. The molecule has 2 aromatic rings. The Bertz CT molecular complexity index is 617. The van der Waals surface area contributed by atoms with Crippen molar-refractivity contribution in [3.63, 3.8) is 0 Å². The van der Waals surface area contributed by atoms with E-state index in [1.54, 1.807) is 0 Å². The maximum absolute atomic E-state index is 12.4. The zero-order chi connectivity index (χ0) is 13.4. The zero-order valence-corrected chi connectivity index (χ0v) is 11.4. The third-order valence-electron chi connectivity index (χ3n) is 3.89. The summed E-state index contributed by atoms with van der Waals surface area (Å²) in [6.45, 7) is 3.69. The Morgan fingerprint density at radius 1 is 1.42 bits per heavy atom. The number of nitrogens with zero attached hydrogens (tertiary/aromatic N) is 1. The summed E-state index contributed by atoms with van der Waals surface area (Å²) in [7, 11) is 1.95. The van der Waals surface area contributed by atoms with E-state index in [0.29, 0.717) is 11.7 Å². The van der Waals surface area contributed by atoms with Crippen molar-refractivity contribution in [1.29, 1.82) is 0 Å². The van der Waals surface area contributed by atoms with E-state index in [-0.39, 0.29) is 5.91 Å². The van der Waals surface area contributed by atoms with Gasteiger partial charge in [-0.25, -0.2) is 0 Å². The van der Waals surface area contributed by atoms with Crippen LogP contribution in [0, 0.1) is 6.92 Å². The number of H-pyrrole nitrogens is 1. The number of likely N-dealkylation sites (tertiary alicyclic amines) is 1. The van der Waals surface area contributed by atoms with Gasteiger partial charge in [0.25, 0.3) is 5.91 Å². The molecule has 3 rings (SSSR count). The number of aromatic nitrogens is 1. The molecule has 100 valence electrons. The summed E-state index contributed by atoms with van der Waals surface area (Å²) >= 11 is 0. The molecule has 0 unspecified atom stereocenters. The van der Waals surface area contributed by atoms with Crippen molar-refractivity contribution >= 4 is 16.8 Å². The van der Waals surface area contributed by atoms with E-state index in [1.807, 2.05) is 24.1 Å². The molecule has 1 aromatic carbocycles. The molecule has 1 amide bonds. The summed E-state index contributed by atoms with van der Waals surface area (Å²) in [5, 5.41) is 4.33. The Balaban J connectivity index is 1.86. The van der Waals surface area contributed by atoms with Crippen molar-refractivity contribution in [2.45, 2.75) is 19.4 Å². The average molecular weight is 257 g/mol. The number of rotatable bonds is 2. The molecule has 0 bridgehead atoms. The summed E-state index contributed by atoms with van der Waals surface area (Å²) in [5.41, 5.74) is 2.93. The normalized spacial score (nSPS) is 19.3. The number of carbonyl (C=O) groups excluding carboxylic acids is 1. The van der Waals surface area contributed by atoms with Crippen LogP contribution in [0.1, 0.15) is 22.5 Å². The van der Waals surface area contributed by atoms with Crippen LogP contribution >= 0.6 is 0 Å². The molecule has 2 heterocycles. The number of aromatic amines is 1. The molecule has 4 nitrogen and oxygen atoms in total. The third-order valence-corrected chi connectivity index (χ3v) is 3.89. The minimum Gasteiger partial charge on any atom is -0.351 e. The molecular weight excluding hydrogens is 238 g/mol. The fourth-order valence-electron chi connectivity index (χ4n) is 2.72. The third kappa shape index (κ3) is 2.24. The second-order valence-corrected chi connectivity index (χ2v) is 5.30. The van der Waals surface area contributed by atoms with E-state index in [1.165, 1.54) is 5.56 Å². The molecule has 0 saturated carbocycles. The van der Waals surface area contributed by atoms with E-state index >= 15 is 0 Å². The Labute approximate surface area is 112 Å². The van der Waals surface area contributed by atoms with Gasteiger partial charge in [0.2, 0.25) is 0 Å². The van der Waals surface area contributed by atoms with Gasteiger partial charge in [0, 0.05) is 30.0 Å². The van der Waals surface area contributed by atoms with Gasteiger partial charge in [0.15, 0.2) is 0 Å². The van der Waals surface area contributed by atoms with Crippen LogP contribution in [0.25, 0.3) is 10.9 Å². The molecule has 4 heteroatoms. The fraction of sp³-hybridized carbons (Fsp3) is 0.400. The lowest BCUT2D eigenvalue weighted by atomic mass is 10.2. The van der Waals surface area contributed by atoms with Crippen LogP contribution in [0.5, 0.6) is 0 Å². The number of nitrogens with one attached hydrogen (secondary N) is 2. The summed E-state index contributed by atoms with van der Waals surface area (Å²) < 4.78 is 0. The molecule has 1 fully saturated rings. The molecule has 1 aliphatic rings. The highest BCUT2D eigenvalue weighted by Gasteiger charge is 2.26. The van der Waals surface area contributed by atoms with Crippen LogP contribution in [0.2, 0.25) is 0 Å². The van der Waals surface area contributed by atoms with Crippen molar-refractivity contribution in [3.05, 3.63) is 35.5 Å². The van der Waals surface area contributed by atoms with Gasteiger partial charge < -0.3 is 15.2 Å². The number of aryl methyl sites for hydroxylation is 1. The van der Waals surface area contributed by atoms with E-state index < -0.39 is 0 Å². The Morgan fingerprint density at radius 2 is 2.26 bits per heavy atom. The highest BCUT2D eigenvalue weighted by atomic mass is 16.2. The molecule has 1 atom stereocenters. The lowest BCUT2D eigenvalue weighted by molar-refractivity contribution is 0.0785. The van der Waals surface area contributed by atoms with E-state index in [2.05, 4.69) is 29.4 Å². The van der Waals surface area contributed by atoms with E-state index in [9.17, 15) is 4.79 Å². The monoisotopic (exact) mass is 257 g/mol. The summed E-state index contributed by atoms with van der Waals surface area (Å²) in [4.78, 5) is 17.6. The average Bonchev–Trinajstić information content (AvgIpc) is 3.03. The standard InChI is InChI=1S/C15H19N3O/c1-10-3-4-13-11(7-10)8-14(17-13)15(19)18-6-5-12(9-18)16-2/h3-4,7-8,12,16-17H,5-6,9H2,1-2H3/t12-/m0/s1. The summed E-state index contributed by atoms with van der Waals surface area (Å²) in [5.74, 6) is 0.103. The maximum Gasteiger partial charge on any atom is 0.270 e. The van der Waals surface area contributed by atoms with Gasteiger partial charge in [-0.05, 0) is 38.6 Å². The summed E-state index contributed by atoms with van der Waals surface area (Å²) in [6.07, 6.45) is 1.03. The molecule has 19 heavy (non-hydrogen) atoms. The number of carbonyl (C=O) groups is 1. The molecule has 1 saturated heterocycles. The van der Waals surface area contributed by atoms with Gasteiger partial charge in [0.1, 0.15) is 5.69 Å². The SMILES string of the molecule is CN[C@H]1CCN(C(=O)c2cc3cc(C)ccc3[nH]2)C1. The Kier molecular flexibility index (Phi) is 3.03. The molecular formula is C15H19N3O. The number of amides is 1. The van der Waals surface area contributed by atoms with Gasteiger partial charge in [0.05, 0.1) is 0 Å². The van der Waals surface area contributed by atoms with Crippen LogP contribution in [0.4, 0.5) is 0 Å². The minimum atomic E-state index is 0.103. The second-order valence-electron chi connectivity index (χ2n) is 5.30. The minimum absolute atomic E-state index is 0.103. The first-order valence-electron chi connectivity index (χ1n) is 6.73. The van der Waals surface area contributed by atoms with Gasteiger partial charge in [-0.3, -0.25) is 4.79 Å². The first-order chi connectivity index (χ1) is 9.17. The van der Waals surface area contributed by atoms with Crippen LogP contribution in [-0.4, -0.2) is 42.0 Å². The zero-order valence-electron chi connectivity index (χ0n) is 11.4. The molecule has 2 N–H and O–H groups in total. The van der Waals surface area contributed by atoms with E-state index in [0.717, 1.165) is 30.4 Å². The lowest BCUT2D eigenvalue weighted by Crippen LogP contribution is -2.33. The van der Waals surface area contributed by atoms with Crippen molar-refractivity contribution in [1.82, 2.24) is 15.2 Å². The smallest absolute Gasteiger partial charge is 0.270 e. The molecule has 1 aliphatic heterocycles. The van der Waals surface area contributed by atoms with Crippen molar-refractivity contribution in [2.24, 2.45) is 0 Å². The fourth-order valence-corrected chi connectivity index (χ4v) is 2.72. The molecule has 1 aromatic heterocycles. The number of benzene rings is 1. The highest BCUT2D eigenvalue weighted by Crippen LogP contribution is 2.19. The Morgan fingerprint density at radius 3 is 3.00 bits per heavy atom. The quantitative estimate of drug-likeness (QED) is 0.863. The van der Waals surface area contributed by atoms with E-state index in [4.69, 9.17) is 0 Å². The second kappa shape index (κ2) is 4.70. The van der Waals surface area contributed by atoms with Crippen LogP contribution < -0.4 is 5.32 Å². The first kappa shape index (κ1) is 12.2. The predicted octanol–water partition coefficient (Wildman–Crippen LogP) is 1.91. The van der Waals surface area contributed by atoms with Gasteiger partial charge in [-0.2, -0.15) is 0 Å². The largest absolute Gasteiger partial charge is 0.351 e. The van der Waals surface area contributed by atoms with Gasteiger partial charge in [-0.15, -0.1) is 0 Å². The molecule has 0 aliphatic carbocycles. The van der Waals surface area contributed by atoms with Gasteiger partial charge in [-0.1, -0.05) is 11.6 Å². The first-order valence-corrected chi connectivity index (χ1v) is 6.73.